The maximum atomic E-state index is 9.63. The highest BCUT2D eigenvalue weighted by molar-refractivity contribution is 4.88. The number of terminal acetylenes is 1. The summed E-state index contributed by atoms with van der Waals surface area (Å²) in [6, 6.07) is 0. The van der Waals surface area contributed by atoms with Gasteiger partial charge < -0.3 is 5.11 Å². The Bertz CT molecular complexity index is 128. The van der Waals surface area contributed by atoms with Crippen molar-refractivity contribution in [1.82, 2.24) is 0 Å². The number of hydrogen-bond donors (Lipinski definition) is 1. The van der Waals surface area contributed by atoms with Crippen molar-refractivity contribution in [2.24, 2.45) is 5.92 Å². The third-order valence-corrected chi connectivity index (χ3v) is 2.19. The van der Waals surface area contributed by atoms with Gasteiger partial charge in [-0.15, -0.1) is 12.3 Å². The first-order valence-corrected chi connectivity index (χ1v) is 4.87. The van der Waals surface area contributed by atoms with E-state index in [0.29, 0.717) is 12.3 Å². The van der Waals surface area contributed by atoms with Gasteiger partial charge in [0.25, 0.3) is 0 Å². The molecule has 1 N–H and O–H groups in total. The van der Waals surface area contributed by atoms with Gasteiger partial charge in [-0.25, -0.2) is 0 Å². The van der Waals surface area contributed by atoms with Crippen LogP contribution in [0.2, 0.25) is 0 Å². The largest absolute Gasteiger partial charge is 0.392 e. The highest BCUT2D eigenvalue weighted by atomic mass is 16.3. The quantitative estimate of drug-likeness (QED) is 0.604. The zero-order valence-corrected chi connectivity index (χ0v) is 8.21. The molecule has 0 aliphatic heterocycles. The maximum Gasteiger partial charge on any atom is 0.0677 e. The average Bonchev–Trinajstić information content (AvgIpc) is 2.04. The number of rotatable bonds is 6. The van der Waals surface area contributed by atoms with Gasteiger partial charge in [0.1, 0.15) is 0 Å². The summed E-state index contributed by atoms with van der Waals surface area (Å²) in [5, 5.41) is 9.63. The first-order valence-electron chi connectivity index (χ1n) is 4.87. The molecule has 0 aromatic heterocycles. The first-order chi connectivity index (χ1) is 5.76. The van der Waals surface area contributed by atoms with Crippen LogP contribution in [0, 0.1) is 18.3 Å². The van der Waals surface area contributed by atoms with Crippen LogP contribution in [0.15, 0.2) is 0 Å². The molecule has 0 aromatic rings. The van der Waals surface area contributed by atoms with E-state index in [-0.39, 0.29) is 6.10 Å². The van der Waals surface area contributed by atoms with Crippen molar-refractivity contribution in [3.8, 4) is 12.3 Å². The Morgan fingerprint density at radius 3 is 2.08 bits per heavy atom. The topological polar surface area (TPSA) is 20.2 Å². The standard InChI is InChI=1S/C11H20O/c1-4-7-10(8-5-2)11(12)9-6-3/h3,10-12H,4-5,7-9H2,1-2H3. The Kier molecular flexibility index (Phi) is 6.90. The molecule has 1 unspecified atom stereocenters. The zero-order valence-electron chi connectivity index (χ0n) is 8.21. The predicted octanol–water partition coefficient (Wildman–Crippen LogP) is 2.59. The van der Waals surface area contributed by atoms with Crippen molar-refractivity contribution in [1.29, 1.82) is 0 Å². The van der Waals surface area contributed by atoms with E-state index in [2.05, 4.69) is 19.8 Å². The van der Waals surface area contributed by atoms with Crippen molar-refractivity contribution in [3.63, 3.8) is 0 Å². The Balaban J connectivity index is 3.82. The number of hydrogen-bond acceptors (Lipinski definition) is 1. The third-order valence-electron chi connectivity index (χ3n) is 2.19. The summed E-state index contributed by atoms with van der Waals surface area (Å²) in [4.78, 5) is 0. The molecule has 12 heavy (non-hydrogen) atoms. The van der Waals surface area contributed by atoms with E-state index in [4.69, 9.17) is 6.42 Å². The van der Waals surface area contributed by atoms with E-state index in [1.807, 2.05) is 0 Å². The Hall–Kier alpha value is -0.480. The molecule has 0 amide bonds. The van der Waals surface area contributed by atoms with Gasteiger partial charge in [0.2, 0.25) is 0 Å². The van der Waals surface area contributed by atoms with Crippen LogP contribution in [-0.4, -0.2) is 11.2 Å². The van der Waals surface area contributed by atoms with Crippen molar-refractivity contribution in [2.75, 3.05) is 0 Å². The van der Waals surface area contributed by atoms with Crippen molar-refractivity contribution < 1.29 is 5.11 Å². The van der Waals surface area contributed by atoms with Crippen molar-refractivity contribution in [3.05, 3.63) is 0 Å². The summed E-state index contributed by atoms with van der Waals surface area (Å²) in [7, 11) is 0. The van der Waals surface area contributed by atoms with Crippen LogP contribution in [0.25, 0.3) is 0 Å². The van der Waals surface area contributed by atoms with E-state index < -0.39 is 0 Å². The molecule has 0 rings (SSSR count). The van der Waals surface area contributed by atoms with E-state index in [1.165, 1.54) is 0 Å². The minimum atomic E-state index is -0.283. The lowest BCUT2D eigenvalue weighted by Crippen LogP contribution is -2.19. The molecule has 1 nitrogen and oxygen atoms in total. The molecule has 0 aliphatic carbocycles. The Morgan fingerprint density at radius 1 is 1.25 bits per heavy atom. The highest BCUT2D eigenvalue weighted by Crippen LogP contribution is 2.19. The number of aliphatic hydroxyl groups is 1. The van der Waals surface area contributed by atoms with Crippen molar-refractivity contribution in [2.45, 2.75) is 52.1 Å². The molecule has 0 fully saturated rings. The molecule has 1 heteroatoms. The monoisotopic (exact) mass is 168 g/mol. The van der Waals surface area contributed by atoms with Crippen LogP contribution in [0.5, 0.6) is 0 Å². The van der Waals surface area contributed by atoms with Crippen molar-refractivity contribution >= 4 is 0 Å². The fourth-order valence-electron chi connectivity index (χ4n) is 1.56. The van der Waals surface area contributed by atoms with Gasteiger partial charge in [0, 0.05) is 6.42 Å². The molecule has 1 atom stereocenters. The predicted molar refractivity (Wildman–Crippen MR) is 52.8 cm³/mol. The summed E-state index contributed by atoms with van der Waals surface area (Å²) >= 11 is 0. The first kappa shape index (κ1) is 11.5. The van der Waals surface area contributed by atoms with Gasteiger partial charge in [-0.1, -0.05) is 26.7 Å². The molecule has 0 aromatic carbocycles. The lowest BCUT2D eigenvalue weighted by Gasteiger charge is -2.19. The minimum Gasteiger partial charge on any atom is -0.392 e. The van der Waals surface area contributed by atoms with Gasteiger partial charge in [-0.3, -0.25) is 0 Å². The second-order valence-electron chi connectivity index (χ2n) is 3.31. The lowest BCUT2D eigenvalue weighted by molar-refractivity contribution is 0.101. The lowest BCUT2D eigenvalue weighted by atomic mass is 9.91. The van der Waals surface area contributed by atoms with Crippen LogP contribution in [-0.2, 0) is 0 Å². The van der Waals surface area contributed by atoms with E-state index in [0.717, 1.165) is 25.7 Å². The van der Waals surface area contributed by atoms with Crippen LogP contribution in [0.3, 0.4) is 0 Å². The molecule has 0 heterocycles. The normalized spacial score (nSPS) is 12.9. The van der Waals surface area contributed by atoms with E-state index >= 15 is 0 Å². The third kappa shape index (κ3) is 4.41. The summed E-state index contributed by atoms with van der Waals surface area (Å²) in [5.74, 6) is 2.93. The van der Waals surface area contributed by atoms with Gasteiger partial charge >= 0.3 is 0 Å². The fraction of sp³-hybridized carbons (Fsp3) is 0.818. The Labute approximate surface area is 76.2 Å². The highest BCUT2D eigenvalue weighted by Gasteiger charge is 2.15. The molecule has 0 radical (unpaired) electrons. The summed E-state index contributed by atoms with van der Waals surface area (Å²) < 4.78 is 0. The second-order valence-corrected chi connectivity index (χ2v) is 3.31. The molecular formula is C11H20O. The van der Waals surface area contributed by atoms with Gasteiger partial charge in [-0.2, -0.15) is 0 Å². The molecule has 70 valence electrons. The molecule has 0 bridgehead atoms. The molecular weight excluding hydrogens is 148 g/mol. The SMILES string of the molecule is C#CCC(O)C(CCC)CCC. The van der Waals surface area contributed by atoms with E-state index in [1.54, 1.807) is 0 Å². The second kappa shape index (κ2) is 7.18. The molecule has 0 aliphatic rings. The average molecular weight is 168 g/mol. The van der Waals surface area contributed by atoms with Gasteiger partial charge in [-0.05, 0) is 18.8 Å². The molecule has 0 saturated carbocycles. The van der Waals surface area contributed by atoms with E-state index in [9.17, 15) is 5.11 Å². The van der Waals surface area contributed by atoms with Crippen LogP contribution >= 0.6 is 0 Å². The fourth-order valence-corrected chi connectivity index (χ4v) is 1.56. The molecule has 0 spiro atoms. The van der Waals surface area contributed by atoms with Gasteiger partial charge in [0.05, 0.1) is 6.10 Å². The summed E-state index contributed by atoms with van der Waals surface area (Å²) in [6.07, 6.45) is 9.82. The van der Waals surface area contributed by atoms with Crippen LogP contribution in [0.1, 0.15) is 46.0 Å². The number of aliphatic hydroxyl groups excluding tert-OH is 1. The summed E-state index contributed by atoms with van der Waals surface area (Å²) in [5.41, 5.74) is 0. The zero-order chi connectivity index (χ0) is 9.40. The smallest absolute Gasteiger partial charge is 0.0677 e. The van der Waals surface area contributed by atoms with Crippen LogP contribution in [0.4, 0.5) is 0 Å². The summed E-state index contributed by atoms with van der Waals surface area (Å²) in [6.45, 7) is 4.29. The molecule has 0 saturated heterocycles. The van der Waals surface area contributed by atoms with Crippen LogP contribution < -0.4 is 0 Å². The minimum absolute atomic E-state index is 0.283. The maximum absolute atomic E-state index is 9.63. The van der Waals surface area contributed by atoms with Gasteiger partial charge in [0.15, 0.2) is 0 Å². The Morgan fingerprint density at radius 2 is 1.75 bits per heavy atom.